The zero-order valence-corrected chi connectivity index (χ0v) is 8.09. The van der Waals surface area contributed by atoms with Gasteiger partial charge in [-0.25, -0.2) is 4.79 Å². The minimum absolute atomic E-state index is 0.178. The lowest BCUT2D eigenvalue weighted by Crippen LogP contribution is -2.33. The van der Waals surface area contributed by atoms with Crippen LogP contribution in [0.15, 0.2) is 21.3 Å². The molecule has 0 saturated heterocycles. The van der Waals surface area contributed by atoms with E-state index in [1.54, 1.807) is 0 Å². The van der Waals surface area contributed by atoms with Crippen molar-refractivity contribution in [2.45, 2.75) is 12.2 Å². The summed E-state index contributed by atoms with van der Waals surface area (Å²) in [6.45, 7) is 0. The molecule has 0 fully saturated rings. The molecule has 3 N–H and O–H groups in total. The molecule has 0 heterocycles. The summed E-state index contributed by atoms with van der Waals surface area (Å²) in [6, 6.07) is 0. The maximum Gasteiger partial charge on any atom is 0.334 e. The molecule has 0 aromatic carbocycles. The summed E-state index contributed by atoms with van der Waals surface area (Å²) in [5.41, 5.74) is -0.178. The summed E-state index contributed by atoms with van der Waals surface area (Å²) in [7, 11) is 0. The van der Waals surface area contributed by atoms with Crippen LogP contribution in [0.1, 0.15) is 0 Å². The van der Waals surface area contributed by atoms with E-state index in [0.717, 1.165) is 0 Å². The van der Waals surface area contributed by atoms with E-state index in [1.165, 1.54) is 12.2 Å². The van der Waals surface area contributed by atoms with Gasteiger partial charge < -0.3 is 15.3 Å². The van der Waals surface area contributed by atoms with Crippen molar-refractivity contribution in [2.24, 2.45) is 0 Å². The third-order valence-corrected chi connectivity index (χ3v) is 2.57. The molecule has 66 valence electrons. The van der Waals surface area contributed by atoms with Crippen LogP contribution in [0.2, 0.25) is 0 Å². The first kappa shape index (κ1) is 9.69. The molecule has 0 aromatic heterocycles. The van der Waals surface area contributed by atoms with Crippen LogP contribution in [0.3, 0.4) is 0 Å². The molecule has 1 aliphatic carbocycles. The Bertz CT molecular complexity index is 269. The van der Waals surface area contributed by atoms with Gasteiger partial charge in [-0.2, -0.15) is 0 Å². The highest BCUT2D eigenvalue weighted by atomic mass is 127. The van der Waals surface area contributed by atoms with Crippen molar-refractivity contribution in [1.82, 2.24) is 0 Å². The molecule has 0 spiro atoms. The number of aliphatic carboxylic acids is 1. The number of allylic oxidation sites excluding steroid dienone is 2. The van der Waals surface area contributed by atoms with Gasteiger partial charge in [0.15, 0.2) is 0 Å². The lowest BCUT2D eigenvalue weighted by molar-refractivity contribution is -0.134. The summed E-state index contributed by atoms with van der Waals surface area (Å²) < 4.78 is 0.533. The van der Waals surface area contributed by atoms with E-state index in [9.17, 15) is 15.0 Å². The Morgan fingerprint density at radius 2 is 1.92 bits per heavy atom. The maximum atomic E-state index is 10.4. The van der Waals surface area contributed by atoms with Crippen molar-refractivity contribution in [3.63, 3.8) is 0 Å². The van der Waals surface area contributed by atoms with Gasteiger partial charge in [0.05, 0.1) is 5.57 Å². The minimum Gasteiger partial charge on any atom is -0.478 e. The standard InChI is InChI=1S/C7H7IO4/c8-4-2-1-3(7(11)12)5(9)6(4)10/h1-2,5-6,9-10H,(H,11,12)/t5-,6-/m1/s1. The second kappa shape index (κ2) is 3.55. The smallest absolute Gasteiger partial charge is 0.334 e. The van der Waals surface area contributed by atoms with E-state index in [-0.39, 0.29) is 5.57 Å². The van der Waals surface area contributed by atoms with E-state index >= 15 is 0 Å². The predicted octanol–water partition coefficient (Wildman–Crippen LogP) is 0.0517. The van der Waals surface area contributed by atoms with Gasteiger partial charge in [-0.05, 0) is 34.7 Å². The van der Waals surface area contributed by atoms with Crippen LogP contribution in [-0.4, -0.2) is 33.5 Å². The monoisotopic (exact) mass is 282 g/mol. The predicted molar refractivity (Wildman–Crippen MR) is 49.8 cm³/mol. The number of rotatable bonds is 1. The zero-order valence-electron chi connectivity index (χ0n) is 5.94. The zero-order chi connectivity index (χ0) is 9.30. The van der Waals surface area contributed by atoms with Crippen LogP contribution in [-0.2, 0) is 4.79 Å². The molecule has 1 rings (SSSR count). The Hall–Kier alpha value is -0.400. The average Bonchev–Trinajstić information content (AvgIpc) is 2.00. The molecule has 0 unspecified atom stereocenters. The Morgan fingerprint density at radius 3 is 2.42 bits per heavy atom. The molecule has 4 nitrogen and oxygen atoms in total. The normalized spacial score (nSPS) is 29.2. The summed E-state index contributed by atoms with van der Waals surface area (Å²) in [4.78, 5) is 10.4. The quantitative estimate of drug-likeness (QED) is 0.594. The van der Waals surface area contributed by atoms with Crippen molar-refractivity contribution >= 4 is 28.6 Å². The Labute approximate surface area is 82.3 Å². The number of hydrogen-bond acceptors (Lipinski definition) is 3. The third kappa shape index (κ3) is 1.67. The number of carboxylic acids is 1. The highest BCUT2D eigenvalue weighted by Crippen LogP contribution is 2.24. The molecule has 5 heteroatoms. The van der Waals surface area contributed by atoms with Crippen molar-refractivity contribution in [3.8, 4) is 0 Å². The molecule has 1 aliphatic rings. The molecular formula is C7H7IO4. The van der Waals surface area contributed by atoms with Crippen molar-refractivity contribution < 1.29 is 20.1 Å². The van der Waals surface area contributed by atoms with Crippen LogP contribution in [0, 0.1) is 0 Å². The topological polar surface area (TPSA) is 77.8 Å². The number of aliphatic hydroxyl groups is 2. The van der Waals surface area contributed by atoms with E-state index in [4.69, 9.17) is 5.11 Å². The second-order valence-corrected chi connectivity index (χ2v) is 3.61. The fourth-order valence-corrected chi connectivity index (χ4v) is 1.41. The first-order valence-electron chi connectivity index (χ1n) is 3.20. The number of carbonyl (C=O) groups is 1. The fraction of sp³-hybridized carbons (Fsp3) is 0.286. The SMILES string of the molecule is O=C(O)C1=CC=C(I)[C@@H](O)[C@@H]1O. The molecule has 0 bridgehead atoms. The van der Waals surface area contributed by atoms with Gasteiger partial charge in [0.1, 0.15) is 12.2 Å². The number of hydrogen-bond donors (Lipinski definition) is 3. The van der Waals surface area contributed by atoms with Crippen LogP contribution < -0.4 is 0 Å². The summed E-state index contributed by atoms with van der Waals surface area (Å²) in [5, 5.41) is 27.0. The largest absolute Gasteiger partial charge is 0.478 e. The molecule has 0 amide bonds. The van der Waals surface area contributed by atoms with Crippen LogP contribution in [0.4, 0.5) is 0 Å². The van der Waals surface area contributed by atoms with Gasteiger partial charge in [-0.3, -0.25) is 0 Å². The molecule has 0 saturated carbocycles. The van der Waals surface area contributed by atoms with Crippen LogP contribution >= 0.6 is 22.6 Å². The van der Waals surface area contributed by atoms with Gasteiger partial charge in [0, 0.05) is 3.58 Å². The number of halogens is 1. The first-order valence-corrected chi connectivity index (χ1v) is 4.28. The minimum atomic E-state index is -1.32. The first-order chi connectivity index (χ1) is 5.54. The van der Waals surface area contributed by atoms with Crippen LogP contribution in [0.25, 0.3) is 0 Å². The Morgan fingerprint density at radius 1 is 1.33 bits per heavy atom. The van der Waals surface area contributed by atoms with Gasteiger partial charge in [0.25, 0.3) is 0 Å². The van der Waals surface area contributed by atoms with E-state index < -0.39 is 18.2 Å². The molecule has 12 heavy (non-hydrogen) atoms. The Balaban J connectivity index is 2.97. The molecule has 0 aromatic rings. The van der Waals surface area contributed by atoms with Gasteiger partial charge in [-0.1, -0.05) is 0 Å². The van der Waals surface area contributed by atoms with E-state index in [0.29, 0.717) is 3.58 Å². The Kier molecular flexibility index (Phi) is 2.86. The molecule has 2 atom stereocenters. The van der Waals surface area contributed by atoms with Gasteiger partial charge in [-0.15, -0.1) is 0 Å². The number of aliphatic hydroxyl groups excluding tert-OH is 2. The summed E-state index contributed by atoms with van der Waals surface area (Å²) in [6.07, 6.45) is 0.337. The van der Waals surface area contributed by atoms with E-state index in [1.807, 2.05) is 22.6 Å². The molecule has 0 aliphatic heterocycles. The van der Waals surface area contributed by atoms with Gasteiger partial charge >= 0.3 is 5.97 Å². The lowest BCUT2D eigenvalue weighted by Gasteiger charge is -2.20. The highest BCUT2D eigenvalue weighted by molar-refractivity contribution is 14.1. The van der Waals surface area contributed by atoms with E-state index in [2.05, 4.69) is 0 Å². The van der Waals surface area contributed by atoms with Crippen molar-refractivity contribution in [1.29, 1.82) is 0 Å². The van der Waals surface area contributed by atoms with Gasteiger partial charge in [0.2, 0.25) is 0 Å². The highest BCUT2D eigenvalue weighted by Gasteiger charge is 2.29. The fourth-order valence-electron chi connectivity index (χ4n) is 0.885. The van der Waals surface area contributed by atoms with Crippen molar-refractivity contribution in [2.75, 3.05) is 0 Å². The second-order valence-electron chi connectivity index (χ2n) is 2.37. The number of carboxylic acid groups (broad SMARTS) is 1. The van der Waals surface area contributed by atoms with Crippen LogP contribution in [0.5, 0.6) is 0 Å². The summed E-state index contributed by atoms with van der Waals surface area (Å²) >= 11 is 1.84. The average molecular weight is 282 g/mol. The molecule has 0 radical (unpaired) electrons. The van der Waals surface area contributed by atoms with Crippen molar-refractivity contribution in [3.05, 3.63) is 21.3 Å². The summed E-state index contributed by atoms with van der Waals surface area (Å²) in [5.74, 6) is -1.21. The maximum absolute atomic E-state index is 10.4. The lowest BCUT2D eigenvalue weighted by atomic mass is 9.99. The third-order valence-electron chi connectivity index (χ3n) is 1.57. The molecular weight excluding hydrogens is 275 g/mol.